The van der Waals surface area contributed by atoms with Gasteiger partial charge in [0.05, 0.1) is 11.8 Å². The van der Waals surface area contributed by atoms with Crippen molar-refractivity contribution >= 4 is 17.7 Å². The number of hydrogen-bond acceptors (Lipinski definition) is 3. The number of imide groups is 1. The fraction of sp³-hybridized carbons (Fsp3) is 0.800. The third kappa shape index (κ3) is 1.58. The van der Waals surface area contributed by atoms with Crippen molar-refractivity contribution in [2.75, 3.05) is 19.6 Å². The Bertz CT molecular complexity index is 456. The van der Waals surface area contributed by atoms with Crippen LogP contribution in [0.25, 0.3) is 0 Å². The van der Waals surface area contributed by atoms with Crippen LogP contribution in [-0.4, -0.2) is 47.2 Å². The first-order chi connectivity index (χ1) is 9.66. The molecule has 0 spiro atoms. The van der Waals surface area contributed by atoms with Gasteiger partial charge in [-0.2, -0.15) is 0 Å². The van der Waals surface area contributed by atoms with Crippen LogP contribution in [0.1, 0.15) is 32.1 Å². The normalized spacial score (nSPS) is 39.0. The standard InChI is InChI=1S/C15H20N2O3/c18-11(16-5-1-2-6-16)8-17-14(19)12-9-3-4-10(7-9)13(12)15(17)20/h9-10,12-13H,1-8H2/t9-,10+,12-,13+. The van der Waals surface area contributed by atoms with Gasteiger partial charge in [-0.3, -0.25) is 19.3 Å². The summed E-state index contributed by atoms with van der Waals surface area (Å²) in [6, 6.07) is 0. The molecule has 5 nitrogen and oxygen atoms in total. The summed E-state index contributed by atoms with van der Waals surface area (Å²) < 4.78 is 0. The molecule has 4 atom stereocenters. The van der Waals surface area contributed by atoms with Gasteiger partial charge in [0.1, 0.15) is 6.54 Å². The Balaban J connectivity index is 1.50. The third-order valence-corrected chi connectivity index (χ3v) is 5.77. The lowest BCUT2D eigenvalue weighted by molar-refractivity contribution is -0.146. The number of fused-ring (bicyclic) bond motifs is 5. The minimum atomic E-state index is -0.104. The molecule has 0 unspecified atom stereocenters. The summed E-state index contributed by atoms with van der Waals surface area (Å²) in [6.07, 6.45) is 5.27. The number of carbonyl (C=O) groups excluding carboxylic acids is 3. The predicted octanol–water partition coefficient (Wildman–Crippen LogP) is 0.640. The maximum Gasteiger partial charge on any atom is 0.242 e. The Hall–Kier alpha value is -1.39. The average Bonchev–Trinajstić information content (AvgIpc) is 3.18. The second-order valence-electron chi connectivity index (χ2n) is 6.74. The molecular formula is C15H20N2O3. The molecule has 4 aliphatic rings. The van der Waals surface area contributed by atoms with Crippen molar-refractivity contribution in [3.05, 3.63) is 0 Å². The molecule has 0 radical (unpaired) electrons. The second-order valence-corrected chi connectivity index (χ2v) is 6.74. The van der Waals surface area contributed by atoms with E-state index in [0.29, 0.717) is 11.8 Å². The Morgan fingerprint density at radius 2 is 1.55 bits per heavy atom. The first-order valence-electron chi connectivity index (χ1n) is 7.80. The van der Waals surface area contributed by atoms with Crippen LogP contribution in [0, 0.1) is 23.7 Å². The Morgan fingerprint density at radius 3 is 2.10 bits per heavy atom. The SMILES string of the molecule is O=C(CN1C(=O)[C@@H]2[C@@H]3CC[C@@H](C3)[C@@H]2C1=O)N1CCCC1. The van der Waals surface area contributed by atoms with Gasteiger partial charge in [-0.05, 0) is 43.9 Å². The smallest absolute Gasteiger partial charge is 0.242 e. The van der Waals surface area contributed by atoms with Crippen molar-refractivity contribution in [2.24, 2.45) is 23.7 Å². The predicted molar refractivity (Wildman–Crippen MR) is 70.3 cm³/mol. The monoisotopic (exact) mass is 276 g/mol. The maximum absolute atomic E-state index is 12.5. The van der Waals surface area contributed by atoms with Crippen molar-refractivity contribution in [3.8, 4) is 0 Å². The number of amides is 3. The lowest BCUT2D eigenvalue weighted by Crippen LogP contribution is -2.42. The van der Waals surface area contributed by atoms with E-state index in [1.807, 2.05) is 0 Å². The lowest BCUT2D eigenvalue weighted by atomic mass is 9.81. The lowest BCUT2D eigenvalue weighted by Gasteiger charge is -2.21. The molecule has 0 aromatic rings. The van der Waals surface area contributed by atoms with Gasteiger partial charge < -0.3 is 4.90 Å². The van der Waals surface area contributed by atoms with Crippen LogP contribution >= 0.6 is 0 Å². The Kier molecular flexibility index (Phi) is 2.66. The summed E-state index contributed by atoms with van der Waals surface area (Å²) in [5.41, 5.74) is 0. The highest BCUT2D eigenvalue weighted by Crippen LogP contribution is 2.56. The molecule has 5 heteroatoms. The van der Waals surface area contributed by atoms with E-state index in [-0.39, 0.29) is 36.1 Å². The molecule has 2 heterocycles. The molecule has 2 saturated carbocycles. The molecule has 4 fully saturated rings. The molecule has 0 aromatic carbocycles. The van der Waals surface area contributed by atoms with Crippen LogP contribution in [-0.2, 0) is 14.4 Å². The largest absolute Gasteiger partial charge is 0.341 e. The van der Waals surface area contributed by atoms with Gasteiger partial charge in [0.15, 0.2) is 0 Å². The second kappa shape index (κ2) is 4.30. The summed E-state index contributed by atoms with van der Waals surface area (Å²) >= 11 is 0. The molecule has 2 aliphatic carbocycles. The zero-order valence-electron chi connectivity index (χ0n) is 11.6. The highest BCUT2D eigenvalue weighted by molar-refractivity contribution is 6.08. The van der Waals surface area contributed by atoms with E-state index in [1.165, 1.54) is 4.90 Å². The third-order valence-electron chi connectivity index (χ3n) is 5.77. The summed E-state index contributed by atoms with van der Waals surface area (Å²) in [5.74, 6) is 0.387. The van der Waals surface area contributed by atoms with E-state index < -0.39 is 0 Å². The van der Waals surface area contributed by atoms with Crippen LogP contribution in [0.3, 0.4) is 0 Å². The minimum absolute atomic E-state index is 0.0237. The number of nitrogens with zero attached hydrogens (tertiary/aromatic N) is 2. The van der Waals surface area contributed by atoms with Crippen LogP contribution in [0.2, 0.25) is 0 Å². The van der Waals surface area contributed by atoms with E-state index in [1.54, 1.807) is 4.90 Å². The van der Waals surface area contributed by atoms with Gasteiger partial charge in [-0.1, -0.05) is 0 Å². The molecule has 108 valence electrons. The van der Waals surface area contributed by atoms with E-state index >= 15 is 0 Å². The zero-order valence-corrected chi connectivity index (χ0v) is 11.6. The summed E-state index contributed by atoms with van der Waals surface area (Å²) in [5, 5.41) is 0. The van der Waals surface area contributed by atoms with Gasteiger partial charge in [0.25, 0.3) is 0 Å². The van der Waals surface area contributed by atoms with Crippen molar-refractivity contribution in [3.63, 3.8) is 0 Å². The molecule has 2 aliphatic heterocycles. The molecule has 0 N–H and O–H groups in total. The fourth-order valence-electron chi connectivity index (χ4n) is 4.83. The Labute approximate surface area is 118 Å². The number of carbonyl (C=O) groups is 3. The molecule has 2 saturated heterocycles. The van der Waals surface area contributed by atoms with Crippen molar-refractivity contribution in [2.45, 2.75) is 32.1 Å². The number of likely N-dealkylation sites (tertiary alicyclic amines) is 2. The first kappa shape index (κ1) is 12.4. The van der Waals surface area contributed by atoms with Crippen LogP contribution in [0.5, 0.6) is 0 Å². The van der Waals surface area contributed by atoms with Crippen molar-refractivity contribution in [1.29, 1.82) is 0 Å². The summed E-state index contributed by atoms with van der Waals surface area (Å²) in [4.78, 5) is 40.2. The molecule has 0 aromatic heterocycles. The zero-order chi connectivity index (χ0) is 13.9. The number of hydrogen-bond donors (Lipinski definition) is 0. The quantitative estimate of drug-likeness (QED) is 0.695. The van der Waals surface area contributed by atoms with Crippen LogP contribution in [0.15, 0.2) is 0 Å². The van der Waals surface area contributed by atoms with Gasteiger partial charge in [0.2, 0.25) is 17.7 Å². The van der Waals surface area contributed by atoms with Gasteiger partial charge >= 0.3 is 0 Å². The van der Waals surface area contributed by atoms with Crippen molar-refractivity contribution < 1.29 is 14.4 Å². The van der Waals surface area contributed by atoms with Crippen LogP contribution in [0.4, 0.5) is 0 Å². The highest BCUT2D eigenvalue weighted by atomic mass is 16.2. The van der Waals surface area contributed by atoms with Crippen LogP contribution < -0.4 is 0 Å². The number of rotatable bonds is 2. The topological polar surface area (TPSA) is 57.7 Å². The van der Waals surface area contributed by atoms with Crippen molar-refractivity contribution in [1.82, 2.24) is 9.80 Å². The molecule has 4 rings (SSSR count). The average molecular weight is 276 g/mol. The van der Waals surface area contributed by atoms with E-state index in [9.17, 15) is 14.4 Å². The van der Waals surface area contributed by atoms with E-state index in [0.717, 1.165) is 45.2 Å². The van der Waals surface area contributed by atoms with E-state index in [4.69, 9.17) is 0 Å². The van der Waals surface area contributed by atoms with Gasteiger partial charge in [-0.25, -0.2) is 0 Å². The molecular weight excluding hydrogens is 256 g/mol. The maximum atomic E-state index is 12.5. The highest BCUT2D eigenvalue weighted by Gasteiger charge is 2.61. The first-order valence-corrected chi connectivity index (χ1v) is 7.80. The summed E-state index contributed by atoms with van der Waals surface area (Å²) in [7, 11) is 0. The molecule has 3 amide bonds. The minimum Gasteiger partial charge on any atom is -0.341 e. The summed E-state index contributed by atoms with van der Waals surface area (Å²) in [6.45, 7) is 1.52. The molecule has 2 bridgehead atoms. The molecule has 20 heavy (non-hydrogen) atoms. The van der Waals surface area contributed by atoms with Gasteiger partial charge in [-0.15, -0.1) is 0 Å². The fourth-order valence-corrected chi connectivity index (χ4v) is 4.83. The van der Waals surface area contributed by atoms with Gasteiger partial charge in [0, 0.05) is 13.1 Å². The van der Waals surface area contributed by atoms with E-state index in [2.05, 4.69) is 0 Å². The Morgan fingerprint density at radius 1 is 1.00 bits per heavy atom.